The summed E-state index contributed by atoms with van der Waals surface area (Å²) in [6.07, 6.45) is 6.02. The van der Waals surface area contributed by atoms with Gasteiger partial charge in [0.25, 0.3) is 0 Å². The van der Waals surface area contributed by atoms with Gasteiger partial charge in [-0.15, -0.1) is 0 Å². The molecule has 1 fully saturated rings. The van der Waals surface area contributed by atoms with Gasteiger partial charge in [0.15, 0.2) is 0 Å². The first-order valence-corrected chi connectivity index (χ1v) is 7.71. The maximum absolute atomic E-state index is 11.4. The second-order valence-corrected chi connectivity index (χ2v) is 7.47. The van der Waals surface area contributed by atoms with Gasteiger partial charge in [-0.2, -0.15) is 0 Å². The van der Waals surface area contributed by atoms with Crippen LogP contribution in [0.2, 0.25) is 0 Å². The van der Waals surface area contributed by atoms with Gasteiger partial charge in [0.2, 0.25) is 0 Å². The van der Waals surface area contributed by atoms with Crippen LogP contribution in [0.4, 0.5) is 0 Å². The van der Waals surface area contributed by atoms with Gasteiger partial charge in [-0.25, -0.2) is 0 Å². The first kappa shape index (κ1) is 15.6. The summed E-state index contributed by atoms with van der Waals surface area (Å²) < 4.78 is 5.59. The number of allylic oxidation sites excluding steroid dienone is 1. The van der Waals surface area contributed by atoms with E-state index in [-0.39, 0.29) is 17.5 Å². The number of hydrogen-bond acceptors (Lipinski definition) is 3. The number of esters is 1. The van der Waals surface area contributed by atoms with Crippen LogP contribution in [0.15, 0.2) is 11.6 Å². The second-order valence-electron chi connectivity index (χ2n) is 7.47. The summed E-state index contributed by atoms with van der Waals surface area (Å²) in [4.78, 5) is 11.4. The van der Waals surface area contributed by atoms with Crippen molar-refractivity contribution in [2.24, 2.45) is 17.3 Å². The Kier molecular flexibility index (Phi) is 4.03. The maximum Gasteiger partial charge on any atom is 0.302 e. The number of fused-ring (bicyclic) bond motifs is 1. The lowest BCUT2D eigenvalue weighted by molar-refractivity contribution is -0.160. The van der Waals surface area contributed by atoms with E-state index in [9.17, 15) is 9.90 Å². The molecule has 0 aromatic carbocycles. The molecule has 0 aliphatic heterocycles. The van der Waals surface area contributed by atoms with Crippen LogP contribution in [0.5, 0.6) is 0 Å². The van der Waals surface area contributed by atoms with Crippen LogP contribution in [0.25, 0.3) is 0 Å². The minimum Gasteiger partial charge on any atom is -0.462 e. The fourth-order valence-corrected chi connectivity index (χ4v) is 4.15. The fourth-order valence-electron chi connectivity index (χ4n) is 4.15. The van der Waals surface area contributed by atoms with Crippen molar-refractivity contribution < 1.29 is 14.6 Å². The lowest BCUT2D eigenvalue weighted by Gasteiger charge is -2.52. The van der Waals surface area contributed by atoms with Crippen molar-refractivity contribution in [3.8, 4) is 0 Å². The Morgan fingerprint density at radius 3 is 2.70 bits per heavy atom. The van der Waals surface area contributed by atoms with Gasteiger partial charge in [-0.1, -0.05) is 18.6 Å². The average Bonchev–Trinajstić information content (AvgIpc) is 2.31. The standard InChI is InChI=1S/C17H28O3/c1-11-6-7-15(20-12(2)18)17(5)9-8-13(10-14(11)17)16(3,4)19/h6,13-15,19H,7-10H2,1-5H3/t13-,14+,15-,17-/m1/s1. The summed E-state index contributed by atoms with van der Waals surface area (Å²) in [5.74, 6) is 0.540. The number of rotatable bonds is 2. The average molecular weight is 280 g/mol. The second kappa shape index (κ2) is 5.18. The Hall–Kier alpha value is -0.830. The molecule has 0 spiro atoms. The summed E-state index contributed by atoms with van der Waals surface area (Å²) in [6, 6.07) is 0. The Bertz CT molecular complexity index is 418. The van der Waals surface area contributed by atoms with E-state index in [2.05, 4.69) is 19.9 Å². The highest BCUT2D eigenvalue weighted by atomic mass is 16.5. The van der Waals surface area contributed by atoms with Crippen LogP contribution in [0.1, 0.15) is 60.3 Å². The van der Waals surface area contributed by atoms with Gasteiger partial charge in [0, 0.05) is 18.8 Å². The molecule has 1 saturated carbocycles. The number of aliphatic hydroxyl groups is 1. The van der Waals surface area contributed by atoms with Gasteiger partial charge in [0.05, 0.1) is 5.60 Å². The van der Waals surface area contributed by atoms with E-state index in [0.29, 0.717) is 11.8 Å². The molecule has 1 N–H and O–H groups in total. The van der Waals surface area contributed by atoms with E-state index < -0.39 is 5.60 Å². The van der Waals surface area contributed by atoms with E-state index in [1.807, 2.05) is 13.8 Å². The van der Waals surface area contributed by atoms with Crippen molar-refractivity contribution in [2.75, 3.05) is 0 Å². The molecule has 2 aliphatic rings. The summed E-state index contributed by atoms with van der Waals surface area (Å²) in [6.45, 7) is 9.74. The zero-order chi connectivity index (χ0) is 15.1. The number of ether oxygens (including phenoxy) is 1. The normalized spacial score (nSPS) is 37.9. The molecule has 0 heterocycles. The SMILES string of the molecule is CC(=O)O[C@@H]1CC=C(C)[C@@H]2C[C@H](C(C)(C)O)CC[C@@]12C. The van der Waals surface area contributed by atoms with E-state index in [4.69, 9.17) is 4.74 Å². The highest BCUT2D eigenvalue weighted by molar-refractivity contribution is 5.66. The zero-order valence-corrected chi connectivity index (χ0v) is 13.4. The van der Waals surface area contributed by atoms with E-state index in [1.165, 1.54) is 12.5 Å². The molecule has 0 saturated heterocycles. The Balaban J connectivity index is 2.24. The van der Waals surface area contributed by atoms with Crippen LogP contribution < -0.4 is 0 Å². The van der Waals surface area contributed by atoms with Gasteiger partial charge < -0.3 is 9.84 Å². The quantitative estimate of drug-likeness (QED) is 0.622. The molecular formula is C17H28O3. The van der Waals surface area contributed by atoms with Crippen molar-refractivity contribution in [3.05, 3.63) is 11.6 Å². The van der Waals surface area contributed by atoms with Crippen LogP contribution in [0.3, 0.4) is 0 Å². The van der Waals surface area contributed by atoms with Crippen LogP contribution in [-0.2, 0) is 9.53 Å². The molecule has 2 rings (SSSR count). The molecule has 3 heteroatoms. The van der Waals surface area contributed by atoms with Crippen LogP contribution in [0, 0.1) is 17.3 Å². The van der Waals surface area contributed by atoms with Gasteiger partial charge in [-0.3, -0.25) is 4.79 Å². The third kappa shape index (κ3) is 2.78. The van der Waals surface area contributed by atoms with E-state index >= 15 is 0 Å². The summed E-state index contributed by atoms with van der Waals surface area (Å²) in [5.41, 5.74) is 0.784. The molecule has 3 nitrogen and oxygen atoms in total. The predicted molar refractivity (Wildman–Crippen MR) is 79.2 cm³/mol. The first-order chi connectivity index (χ1) is 9.14. The lowest BCUT2D eigenvalue weighted by Crippen LogP contribution is -2.50. The van der Waals surface area contributed by atoms with Gasteiger partial charge in [-0.05, 0) is 51.9 Å². The Labute approximate surface area is 122 Å². The smallest absolute Gasteiger partial charge is 0.302 e. The topological polar surface area (TPSA) is 46.5 Å². The summed E-state index contributed by atoms with van der Waals surface area (Å²) >= 11 is 0. The molecule has 114 valence electrons. The monoisotopic (exact) mass is 280 g/mol. The third-order valence-electron chi connectivity index (χ3n) is 5.59. The molecule has 0 unspecified atom stereocenters. The fraction of sp³-hybridized carbons (Fsp3) is 0.824. The van der Waals surface area contributed by atoms with E-state index in [0.717, 1.165) is 25.7 Å². The first-order valence-electron chi connectivity index (χ1n) is 7.71. The number of hydrogen-bond donors (Lipinski definition) is 1. The zero-order valence-electron chi connectivity index (χ0n) is 13.4. The van der Waals surface area contributed by atoms with Crippen molar-refractivity contribution in [2.45, 2.75) is 72.0 Å². The molecule has 0 bridgehead atoms. The highest BCUT2D eigenvalue weighted by Gasteiger charge is 2.50. The van der Waals surface area contributed by atoms with Crippen molar-refractivity contribution >= 4 is 5.97 Å². The number of carbonyl (C=O) groups is 1. The van der Waals surface area contributed by atoms with Crippen LogP contribution in [-0.4, -0.2) is 22.8 Å². The molecule has 20 heavy (non-hydrogen) atoms. The van der Waals surface area contributed by atoms with Gasteiger partial charge in [0.1, 0.15) is 6.10 Å². The molecule has 0 amide bonds. The third-order valence-corrected chi connectivity index (χ3v) is 5.59. The predicted octanol–water partition coefficient (Wildman–Crippen LogP) is 3.46. The molecule has 2 aliphatic carbocycles. The molecular weight excluding hydrogens is 252 g/mol. The van der Waals surface area contributed by atoms with Crippen molar-refractivity contribution in [3.63, 3.8) is 0 Å². The minimum atomic E-state index is -0.629. The van der Waals surface area contributed by atoms with Crippen molar-refractivity contribution in [1.82, 2.24) is 0 Å². The van der Waals surface area contributed by atoms with E-state index in [1.54, 1.807) is 0 Å². The summed E-state index contributed by atoms with van der Waals surface area (Å²) in [5, 5.41) is 10.3. The molecule has 0 aromatic rings. The Morgan fingerprint density at radius 2 is 2.15 bits per heavy atom. The summed E-state index contributed by atoms with van der Waals surface area (Å²) in [7, 11) is 0. The lowest BCUT2D eigenvalue weighted by atomic mass is 9.55. The minimum absolute atomic E-state index is 0.0172. The Morgan fingerprint density at radius 1 is 1.50 bits per heavy atom. The number of carbonyl (C=O) groups excluding carboxylic acids is 1. The molecule has 0 aromatic heterocycles. The molecule has 4 atom stereocenters. The van der Waals surface area contributed by atoms with Crippen molar-refractivity contribution in [1.29, 1.82) is 0 Å². The highest BCUT2D eigenvalue weighted by Crippen LogP contribution is 2.54. The molecule has 0 radical (unpaired) electrons. The van der Waals surface area contributed by atoms with Crippen LogP contribution >= 0.6 is 0 Å². The largest absolute Gasteiger partial charge is 0.462 e. The maximum atomic E-state index is 11.4. The van der Waals surface area contributed by atoms with Gasteiger partial charge >= 0.3 is 5.97 Å².